The van der Waals surface area contributed by atoms with Gasteiger partial charge >= 0.3 is 0 Å². The number of nitrogens with one attached hydrogen (secondary N) is 1. The molecule has 1 N–H and O–H groups in total. The number of ether oxygens (including phenoxy) is 1. The second-order valence-electron chi connectivity index (χ2n) is 5.16. The summed E-state index contributed by atoms with van der Waals surface area (Å²) >= 11 is 1.91. The topological polar surface area (TPSA) is 21.3 Å². The molecule has 0 radical (unpaired) electrons. The van der Waals surface area contributed by atoms with Crippen molar-refractivity contribution in [3.05, 3.63) is 42.0 Å². The predicted octanol–water partition coefficient (Wildman–Crippen LogP) is 3.94. The Morgan fingerprint density at radius 2 is 1.90 bits per heavy atom. The molecule has 0 spiro atoms. The smallest absolute Gasteiger partial charge is 0.126 e. The summed E-state index contributed by atoms with van der Waals surface area (Å²) in [5.74, 6) is 2.85. The van der Waals surface area contributed by atoms with Crippen LogP contribution in [0.3, 0.4) is 0 Å². The maximum Gasteiger partial charge on any atom is 0.126 e. The maximum atomic E-state index is 5.43. The van der Waals surface area contributed by atoms with Gasteiger partial charge in [-0.2, -0.15) is 11.8 Å². The van der Waals surface area contributed by atoms with Gasteiger partial charge in [0, 0.05) is 11.9 Å². The number of thioether (sulfide) groups is 1. The van der Waals surface area contributed by atoms with Gasteiger partial charge in [-0.05, 0) is 41.5 Å². The minimum absolute atomic E-state index is 0.703. The van der Waals surface area contributed by atoms with Crippen LogP contribution in [-0.2, 0) is 6.54 Å². The summed E-state index contributed by atoms with van der Waals surface area (Å²) in [5, 5.41) is 6.02. The van der Waals surface area contributed by atoms with E-state index in [0.717, 1.165) is 18.8 Å². The Balaban J connectivity index is 2.11. The first kappa shape index (κ1) is 15.2. The molecule has 1 unspecified atom stereocenters. The predicted molar refractivity (Wildman–Crippen MR) is 89.8 cm³/mol. The summed E-state index contributed by atoms with van der Waals surface area (Å²) in [4.78, 5) is 0. The summed E-state index contributed by atoms with van der Waals surface area (Å²) in [7, 11) is 1.73. The minimum Gasteiger partial charge on any atom is -0.496 e. The molecule has 0 saturated carbocycles. The second kappa shape index (κ2) is 7.55. The molecule has 0 saturated heterocycles. The highest BCUT2D eigenvalue weighted by molar-refractivity contribution is 7.98. The van der Waals surface area contributed by atoms with Crippen LogP contribution in [0.25, 0.3) is 10.8 Å². The summed E-state index contributed by atoms with van der Waals surface area (Å²) < 4.78 is 5.43. The van der Waals surface area contributed by atoms with Crippen LogP contribution in [0.1, 0.15) is 12.5 Å². The Morgan fingerprint density at radius 3 is 2.60 bits per heavy atom. The monoisotopic (exact) mass is 289 g/mol. The molecule has 2 aromatic rings. The van der Waals surface area contributed by atoms with E-state index < -0.39 is 0 Å². The highest BCUT2D eigenvalue weighted by atomic mass is 32.2. The van der Waals surface area contributed by atoms with Gasteiger partial charge < -0.3 is 10.1 Å². The van der Waals surface area contributed by atoms with Crippen molar-refractivity contribution in [3.8, 4) is 5.75 Å². The fraction of sp³-hybridized carbons (Fsp3) is 0.412. The molecule has 3 heteroatoms. The lowest BCUT2D eigenvalue weighted by molar-refractivity contribution is 0.419. The Morgan fingerprint density at radius 1 is 1.15 bits per heavy atom. The third-order valence-electron chi connectivity index (χ3n) is 3.45. The van der Waals surface area contributed by atoms with Gasteiger partial charge in [0.2, 0.25) is 0 Å². The van der Waals surface area contributed by atoms with Crippen molar-refractivity contribution in [1.82, 2.24) is 5.32 Å². The molecule has 1 atom stereocenters. The standard InChI is InChI=1S/C17H23NOS/c1-13(12-20-3)10-18-11-14-8-9-17(19-2)16-7-5-4-6-15(14)16/h4-9,13,18H,10-12H2,1-3H3. The maximum absolute atomic E-state index is 5.43. The van der Waals surface area contributed by atoms with Crippen LogP contribution in [0, 0.1) is 5.92 Å². The molecule has 2 rings (SSSR count). The van der Waals surface area contributed by atoms with Crippen LogP contribution < -0.4 is 10.1 Å². The molecule has 0 amide bonds. The molecule has 0 aromatic heterocycles. The number of hydrogen-bond donors (Lipinski definition) is 1. The van der Waals surface area contributed by atoms with Crippen molar-refractivity contribution in [3.63, 3.8) is 0 Å². The number of hydrogen-bond acceptors (Lipinski definition) is 3. The Bertz CT molecular complexity index is 556. The van der Waals surface area contributed by atoms with Crippen molar-refractivity contribution in [1.29, 1.82) is 0 Å². The summed E-state index contributed by atoms with van der Waals surface area (Å²) in [5.41, 5.74) is 1.33. The van der Waals surface area contributed by atoms with Crippen LogP contribution >= 0.6 is 11.8 Å². The highest BCUT2D eigenvalue weighted by Crippen LogP contribution is 2.28. The molecular weight excluding hydrogens is 266 g/mol. The lowest BCUT2D eigenvalue weighted by Gasteiger charge is -2.13. The second-order valence-corrected chi connectivity index (χ2v) is 6.07. The van der Waals surface area contributed by atoms with Crippen LogP contribution in [0.15, 0.2) is 36.4 Å². The first-order chi connectivity index (χ1) is 9.76. The lowest BCUT2D eigenvalue weighted by atomic mass is 10.0. The number of benzene rings is 2. The summed E-state index contributed by atoms with van der Waals surface area (Å²) in [6, 6.07) is 12.6. The first-order valence-electron chi connectivity index (χ1n) is 7.00. The van der Waals surface area contributed by atoms with E-state index in [9.17, 15) is 0 Å². The normalized spacial score (nSPS) is 12.6. The number of fused-ring (bicyclic) bond motifs is 1. The summed E-state index contributed by atoms with van der Waals surface area (Å²) in [6.07, 6.45) is 2.16. The largest absolute Gasteiger partial charge is 0.496 e. The molecule has 0 heterocycles. The van der Waals surface area contributed by atoms with Crippen molar-refractivity contribution >= 4 is 22.5 Å². The van der Waals surface area contributed by atoms with E-state index in [1.165, 1.54) is 22.1 Å². The van der Waals surface area contributed by atoms with Gasteiger partial charge in [-0.15, -0.1) is 0 Å². The van der Waals surface area contributed by atoms with Crippen LogP contribution in [0.4, 0.5) is 0 Å². The first-order valence-corrected chi connectivity index (χ1v) is 8.40. The molecule has 20 heavy (non-hydrogen) atoms. The van der Waals surface area contributed by atoms with Crippen molar-refractivity contribution in [2.45, 2.75) is 13.5 Å². The van der Waals surface area contributed by atoms with Crippen LogP contribution in [-0.4, -0.2) is 25.7 Å². The van der Waals surface area contributed by atoms with Gasteiger partial charge in [0.1, 0.15) is 5.75 Å². The number of methoxy groups -OCH3 is 1. The molecule has 0 fully saturated rings. The zero-order chi connectivity index (χ0) is 14.4. The molecular formula is C17H23NOS. The SMILES string of the molecule is COc1ccc(CNCC(C)CSC)c2ccccc12. The average molecular weight is 289 g/mol. The van der Waals surface area contributed by atoms with Gasteiger partial charge in [0.15, 0.2) is 0 Å². The van der Waals surface area contributed by atoms with E-state index in [1.807, 2.05) is 11.8 Å². The molecule has 108 valence electrons. The zero-order valence-corrected chi connectivity index (χ0v) is 13.3. The molecule has 2 aromatic carbocycles. The van der Waals surface area contributed by atoms with Gasteiger partial charge in [-0.25, -0.2) is 0 Å². The Labute approximate surface area is 125 Å². The van der Waals surface area contributed by atoms with E-state index in [1.54, 1.807) is 7.11 Å². The van der Waals surface area contributed by atoms with Gasteiger partial charge in [-0.1, -0.05) is 37.3 Å². The highest BCUT2D eigenvalue weighted by Gasteiger charge is 2.06. The van der Waals surface area contributed by atoms with Gasteiger partial charge in [0.05, 0.1) is 7.11 Å². The molecule has 0 aliphatic rings. The average Bonchev–Trinajstić information content (AvgIpc) is 2.47. The minimum atomic E-state index is 0.703. The molecule has 2 nitrogen and oxygen atoms in total. The third-order valence-corrected chi connectivity index (χ3v) is 4.36. The van der Waals surface area contributed by atoms with E-state index in [4.69, 9.17) is 4.74 Å². The van der Waals surface area contributed by atoms with Crippen LogP contribution in [0.2, 0.25) is 0 Å². The fourth-order valence-corrected chi connectivity index (χ4v) is 3.15. The Kier molecular flexibility index (Phi) is 5.74. The van der Waals surface area contributed by atoms with Crippen molar-refractivity contribution in [2.24, 2.45) is 5.92 Å². The van der Waals surface area contributed by atoms with E-state index in [-0.39, 0.29) is 0 Å². The van der Waals surface area contributed by atoms with Crippen LogP contribution in [0.5, 0.6) is 5.75 Å². The number of rotatable bonds is 7. The molecule has 0 aliphatic heterocycles. The third kappa shape index (κ3) is 3.68. The summed E-state index contributed by atoms with van der Waals surface area (Å²) in [6.45, 7) is 4.25. The van der Waals surface area contributed by atoms with E-state index in [2.05, 4.69) is 54.9 Å². The lowest BCUT2D eigenvalue weighted by Crippen LogP contribution is -2.22. The molecule has 0 aliphatic carbocycles. The zero-order valence-electron chi connectivity index (χ0n) is 12.5. The quantitative estimate of drug-likeness (QED) is 0.834. The van der Waals surface area contributed by atoms with E-state index >= 15 is 0 Å². The van der Waals surface area contributed by atoms with Crippen molar-refractivity contribution < 1.29 is 4.74 Å². The van der Waals surface area contributed by atoms with Gasteiger partial charge in [0.25, 0.3) is 0 Å². The van der Waals surface area contributed by atoms with Crippen molar-refractivity contribution in [2.75, 3.05) is 25.7 Å². The van der Waals surface area contributed by atoms with E-state index in [0.29, 0.717) is 5.92 Å². The molecule has 0 bridgehead atoms. The fourth-order valence-electron chi connectivity index (χ4n) is 2.46. The Hall–Kier alpha value is -1.19. The van der Waals surface area contributed by atoms with Gasteiger partial charge in [-0.3, -0.25) is 0 Å².